The zero-order valence-corrected chi connectivity index (χ0v) is 10.3. The molecule has 0 bridgehead atoms. The molecule has 0 saturated carbocycles. The fraction of sp³-hybridized carbons (Fsp3) is 0.167. The Kier molecular flexibility index (Phi) is 3.04. The van der Waals surface area contributed by atoms with Gasteiger partial charge in [-0.1, -0.05) is 47.1 Å². The molecule has 0 amide bonds. The Labute approximate surface area is 96.7 Å². The number of halogens is 1. The summed E-state index contributed by atoms with van der Waals surface area (Å²) in [4.78, 5) is 1.41. The molecule has 72 valence electrons. The molecule has 2 heteroatoms. The topological polar surface area (TPSA) is 0 Å². The summed E-state index contributed by atoms with van der Waals surface area (Å²) in [7, 11) is 0. The van der Waals surface area contributed by atoms with Gasteiger partial charge >= 0.3 is 0 Å². The highest BCUT2D eigenvalue weighted by Crippen LogP contribution is 2.32. The third-order valence-corrected chi connectivity index (χ3v) is 4.12. The summed E-state index contributed by atoms with van der Waals surface area (Å²) in [5, 5.41) is 2.13. The van der Waals surface area contributed by atoms with Crippen molar-refractivity contribution in [2.75, 3.05) is 0 Å². The molecular formula is C12H11BrS. The molecule has 1 aromatic heterocycles. The van der Waals surface area contributed by atoms with Gasteiger partial charge in [0.15, 0.2) is 0 Å². The van der Waals surface area contributed by atoms with E-state index in [0.717, 1.165) is 0 Å². The number of hydrogen-bond donors (Lipinski definition) is 0. The lowest BCUT2D eigenvalue weighted by Gasteiger charge is -2.11. The van der Waals surface area contributed by atoms with Gasteiger partial charge in [0.2, 0.25) is 0 Å². The first-order valence-electron chi connectivity index (χ1n) is 4.57. The molecule has 0 spiro atoms. The van der Waals surface area contributed by atoms with E-state index < -0.39 is 0 Å². The number of thiophene rings is 1. The van der Waals surface area contributed by atoms with Gasteiger partial charge in [0.1, 0.15) is 0 Å². The van der Waals surface area contributed by atoms with Crippen molar-refractivity contribution < 1.29 is 0 Å². The highest BCUT2D eigenvalue weighted by molar-refractivity contribution is 9.10. The normalized spacial score (nSPS) is 12.7. The molecule has 0 aliphatic carbocycles. The van der Waals surface area contributed by atoms with Crippen molar-refractivity contribution in [2.45, 2.75) is 12.8 Å². The van der Waals surface area contributed by atoms with Gasteiger partial charge in [0.05, 0.1) is 0 Å². The SMILES string of the molecule is C[C@@H](c1cccs1)c1ccccc1Br. The summed E-state index contributed by atoms with van der Waals surface area (Å²) in [6.07, 6.45) is 0. The van der Waals surface area contributed by atoms with E-state index in [-0.39, 0.29) is 0 Å². The van der Waals surface area contributed by atoms with Crippen LogP contribution in [0.1, 0.15) is 23.3 Å². The van der Waals surface area contributed by atoms with Crippen LogP contribution in [0.3, 0.4) is 0 Å². The van der Waals surface area contributed by atoms with Gasteiger partial charge in [-0.25, -0.2) is 0 Å². The summed E-state index contributed by atoms with van der Waals surface area (Å²) in [5.41, 5.74) is 1.36. The van der Waals surface area contributed by atoms with Crippen LogP contribution in [0.5, 0.6) is 0 Å². The Bertz CT molecular complexity index is 406. The third kappa shape index (κ3) is 1.91. The zero-order chi connectivity index (χ0) is 9.97. The quantitative estimate of drug-likeness (QED) is 0.742. The van der Waals surface area contributed by atoms with Crippen LogP contribution in [0, 0.1) is 0 Å². The standard InChI is InChI=1S/C12H11BrS/c1-9(12-7-4-8-14-12)10-5-2-3-6-11(10)13/h2-9H,1H3/t9-/m1/s1. The highest BCUT2D eigenvalue weighted by Gasteiger charge is 2.11. The van der Waals surface area contributed by atoms with E-state index >= 15 is 0 Å². The monoisotopic (exact) mass is 266 g/mol. The van der Waals surface area contributed by atoms with Crippen LogP contribution in [0.15, 0.2) is 46.3 Å². The van der Waals surface area contributed by atoms with Gasteiger partial charge in [-0.05, 0) is 23.1 Å². The lowest BCUT2D eigenvalue weighted by atomic mass is 10.00. The van der Waals surface area contributed by atoms with Crippen molar-refractivity contribution in [2.24, 2.45) is 0 Å². The molecule has 2 aromatic rings. The molecule has 1 heterocycles. The smallest absolute Gasteiger partial charge is 0.0213 e. The molecule has 0 N–H and O–H groups in total. The van der Waals surface area contributed by atoms with E-state index in [0.29, 0.717) is 5.92 Å². The molecule has 0 aliphatic rings. The molecule has 0 unspecified atom stereocenters. The Balaban J connectivity index is 2.37. The van der Waals surface area contributed by atoms with Gasteiger partial charge in [0.25, 0.3) is 0 Å². The van der Waals surface area contributed by atoms with Crippen LogP contribution >= 0.6 is 27.3 Å². The van der Waals surface area contributed by atoms with E-state index in [1.807, 2.05) is 11.3 Å². The second kappa shape index (κ2) is 4.28. The fourth-order valence-electron chi connectivity index (χ4n) is 1.52. The predicted octanol–water partition coefficient (Wildman–Crippen LogP) is 4.66. The summed E-state index contributed by atoms with van der Waals surface area (Å²) in [6, 6.07) is 12.7. The number of benzene rings is 1. The van der Waals surface area contributed by atoms with Gasteiger partial charge < -0.3 is 0 Å². The Morgan fingerprint density at radius 2 is 1.93 bits per heavy atom. The first-order valence-corrected chi connectivity index (χ1v) is 6.24. The summed E-state index contributed by atoms with van der Waals surface area (Å²) >= 11 is 5.40. The Morgan fingerprint density at radius 1 is 1.14 bits per heavy atom. The molecule has 14 heavy (non-hydrogen) atoms. The Morgan fingerprint density at radius 3 is 2.57 bits per heavy atom. The third-order valence-electron chi connectivity index (χ3n) is 2.34. The van der Waals surface area contributed by atoms with Crippen LogP contribution in [0.4, 0.5) is 0 Å². The van der Waals surface area contributed by atoms with Crippen LogP contribution in [0.25, 0.3) is 0 Å². The largest absolute Gasteiger partial charge is 0.148 e. The first kappa shape index (κ1) is 9.94. The molecule has 0 aliphatic heterocycles. The van der Waals surface area contributed by atoms with Crippen molar-refractivity contribution in [1.82, 2.24) is 0 Å². The summed E-state index contributed by atoms with van der Waals surface area (Å²) in [6.45, 7) is 2.24. The minimum atomic E-state index is 0.477. The van der Waals surface area contributed by atoms with E-state index in [9.17, 15) is 0 Å². The summed E-state index contributed by atoms with van der Waals surface area (Å²) < 4.78 is 1.20. The summed E-state index contributed by atoms with van der Waals surface area (Å²) in [5.74, 6) is 0.477. The van der Waals surface area contributed by atoms with E-state index in [1.54, 1.807) is 0 Å². The van der Waals surface area contributed by atoms with Crippen molar-refractivity contribution in [3.63, 3.8) is 0 Å². The average Bonchev–Trinajstić information content (AvgIpc) is 2.70. The zero-order valence-electron chi connectivity index (χ0n) is 7.91. The van der Waals surface area contributed by atoms with Crippen LogP contribution < -0.4 is 0 Å². The van der Waals surface area contributed by atoms with E-state index in [2.05, 4.69) is 64.6 Å². The highest BCUT2D eigenvalue weighted by atomic mass is 79.9. The average molecular weight is 267 g/mol. The lowest BCUT2D eigenvalue weighted by molar-refractivity contribution is 0.940. The number of rotatable bonds is 2. The molecule has 1 atom stereocenters. The molecule has 0 fully saturated rings. The van der Waals surface area contributed by atoms with Gasteiger partial charge in [-0.15, -0.1) is 11.3 Å². The predicted molar refractivity (Wildman–Crippen MR) is 66.0 cm³/mol. The molecule has 1 aromatic carbocycles. The van der Waals surface area contributed by atoms with Gasteiger partial charge in [-0.2, -0.15) is 0 Å². The van der Waals surface area contributed by atoms with E-state index in [1.165, 1.54) is 14.9 Å². The first-order chi connectivity index (χ1) is 6.79. The lowest BCUT2D eigenvalue weighted by Crippen LogP contribution is -1.93. The number of hydrogen-bond acceptors (Lipinski definition) is 1. The van der Waals surface area contributed by atoms with Crippen molar-refractivity contribution in [3.8, 4) is 0 Å². The van der Waals surface area contributed by atoms with Crippen LogP contribution in [0.2, 0.25) is 0 Å². The van der Waals surface area contributed by atoms with E-state index in [4.69, 9.17) is 0 Å². The van der Waals surface area contributed by atoms with Gasteiger partial charge in [0, 0.05) is 15.3 Å². The molecule has 0 radical (unpaired) electrons. The minimum absolute atomic E-state index is 0.477. The van der Waals surface area contributed by atoms with Crippen molar-refractivity contribution >= 4 is 27.3 Å². The second-order valence-corrected chi connectivity index (χ2v) is 5.09. The van der Waals surface area contributed by atoms with Gasteiger partial charge in [-0.3, -0.25) is 0 Å². The van der Waals surface area contributed by atoms with Crippen molar-refractivity contribution in [1.29, 1.82) is 0 Å². The molecule has 0 nitrogen and oxygen atoms in total. The maximum Gasteiger partial charge on any atom is 0.0213 e. The van der Waals surface area contributed by atoms with Crippen LogP contribution in [-0.2, 0) is 0 Å². The maximum atomic E-state index is 3.59. The minimum Gasteiger partial charge on any atom is -0.148 e. The fourth-order valence-corrected chi connectivity index (χ4v) is 2.95. The molecule has 0 saturated heterocycles. The van der Waals surface area contributed by atoms with Crippen molar-refractivity contribution in [3.05, 3.63) is 56.7 Å². The Hall–Kier alpha value is -0.600. The molecule has 2 rings (SSSR count). The maximum absolute atomic E-state index is 3.59. The second-order valence-electron chi connectivity index (χ2n) is 3.26. The molecular weight excluding hydrogens is 256 g/mol. The van der Waals surface area contributed by atoms with Crippen LogP contribution in [-0.4, -0.2) is 0 Å².